The van der Waals surface area contributed by atoms with E-state index in [1.807, 2.05) is 0 Å². The molecule has 36 heavy (non-hydrogen) atoms. The highest BCUT2D eigenvalue weighted by atomic mass is 14.4. The Bertz CT molecular complexity index is 1500. The maximum Gasteiger partial charge on any atom is -0.00201 e. The Kier molecular flexibility index (Phi) is 8.36. The molecule has 0 aromatic heterocycles. The van der Waals surface area contributed by atoms with Crippen molar-refractivity contribution in [3.63, 3.8) is 0 Å². The fourth-order valence-electron chi connectivity index (χ4n) is 5.38. The molecule has 5 rings (SSSR count). The van der Waals surface area contributed by atoms with E-state index in [1.54, 1.807) is 0 Å². The summed E-state index contributed by atoms with van der Waals surface area (Å²) in [6, 6.07) is 31.5. The van der Waals surface area contributed by atoms with Crippen LogP contribution >= 0.6 is 0 Å². The summed E-state index contributed by atoms with van der Waals surface area (Å²) in [6.45, 7) is 6.59. The van der Waals surface area contributed by atoms with Crippen molar-refractivity contribution in [1.82, 2.24) is 0 Å². The van der Waals surface area contributed by atoms with Crippen LogP contribution in [-0.4, -0.2) is 7.05 Å². The minimum Gasteiger partial charge on any atom is -0.333 e. The van der Waals surface area contributed by atoms with Crippen molar-refractivity contribution in [2.75, 3.05) is 7.05 Å². The van der Waals surface area contributed by atoms with Gasteiger partial charge in [-0.05, 0) is 87.0 Å². The Hall–Kier alpha value is -3.68. The zero-order chi connectivity index (χ0) is 25.5. The van der Waals surface area contributed by atoms with E-state index in [0.717, 1.165) is 19.3 Å². The second-order valence-electron chi connectivity index (χ2n) is 8.96. The van der Waals surface area contributed by atoms with Gasteiger partial charge in [-0.3, -0.25) is 0 Å². The SMILES string of the molecule is C/C=C(\C=C/CC)c1c2ccccc2c(-c2cccc3c(CCC)cccc23)c2ccccc12.CN. The van der Waals surface area contributed by atoms with Gasteiger partial charge in [0.1, 0.15) is 0 Å². The fourth-order valence-corrected chi connectivity index (χ4v) is 5.38. The Morgan fingerprint density at radius 3 is 1.81 bits per heavy atom. The first-order valence-electron chi connectivity index (χ1n) is 13.1. The summed E-state index contributed by atoms with van der Waals surface area (Å²) in [6.07, 6.45) is 10.1. The fraction of sp³-hybridized carbons (Fsp3) is 0.200. The summed E-state index contributed by atoms with van der Waals surface area (Å²) in [4.78, 5) is 0. The van der Waals surface area contributed by atoms with Crippen LogP contribution in [0.4, 0.5) is 0 Å². The van der Waals surface area contributed by atoms with Crippen molar-refractivity contribution in [1.29, 1.82) is 0 Å². The molecule has 0 spiro atoms. The van der Waals surface area contributed by atoms with Gasteiger partial charge in [-0.15, -0.1) is 0 Å². The monoisotopic (exact) mass is 471 g/mol. The van der Waals surface area contributed by atoms with Crippen LogP contribution in [0, 0.1) is 0 Å². The van der Waals surface area contributed by atoms with Gasteiger partial charge in [0.25, 0.3) is 0 Å². The van der Waals surface area contributed by atoms with Crippen LogP contribution < -0.4 is 5.73 Å². The normalized spacial score (nSPS) is 11.9. The largest absolute Gasteiger partial charge is 0.333 e. The van der Waals surface area contributed by atoms with Gasteiger partial charge >= 0.3 is 0 Å². The minimum absolute atomic E-state index is 1.03. The maximum absolute atomic E-state index is 4.50. The van der Waals surface area contributed by atoms with Gasteiger partial charge in [-0.1, -0.05) is 123 Å². The average Bonchev–Trinajstić information content (AvgIpc) is 2.94. The van der Waals surface area contributed by atoms with E-state index in [1.165, 1.54) is 67.2 Å². The second-order valence-corrected chi connectivity index (χ2v) is 8.96. The lowest BCUT2D eigenvalue weighted by Crippen LogP contribution is -1.94. The van der Waals surface area contributed by atoms with E-state index in [9.17, 15) is 0 Å². The summed E-state index contributed by atoms with van der Waals surface area (Å²) in [5.74, 6) is 0. The van der Waals surface area contributed by atoms with Gasteiger partial charge in [0, 0.05) is 0 Å². The summed E-state index contributed by atoms with van der Waals surface area (Å²) in [5, 5.41) is 7.97. The molecule has 0 aliphatic rings. The molecule has 0 heterocycles. The molecule has 0 bridgehead atoms. The zero-order valence-electron chi connectivity index (χ0n) is 22.0. The molecule has 0 aliphatic heterocycles. The van der Waals surface area contributed by atoms with Gasteiger partial charge < -0.3 is 5.73 Å². The molecule has 0 amide bonds. The Morgan fingerprint density at radius 1 is 0.667 bits per heavy atom. The van der Waals surface area contributed by atoms with Crippen LogP contribution in [-0.2, 0) is 6.42 Å². The van der Waals surface area contributed by atoms with E-state index in [2.05, 4.69) is 130 Å². The van der Waals surface area contributed by atoms with Gasteiger partial charge in [-0.25, -0.2) is 0 Å². The molecule has 182 valence electrons. The summed E-state index contributed by atoms with van der Waals surface area (Å²) in [5.41, 5.74) is 11.2. The first-order chi connectivity index (χ1) is 17.8. The molecule has 5 aromatic carbocycles. The third-order valence-electron chi connectivity index (χ3n) is 6.87. The number of benzene rings is 5. The maximum atomic E-state index is 4.50. The van der Waals surface area contributed by atoms with E-state index in [0.29, 0.717) is 0 Å². The molecule has 0 aliphatic carbocycles. The van der Waals surface area contributed by atoms with Crippen molar-refractivity contribution >= 4 is 37.9 Å². The Balaban J connectivity index is 0.00000148. The van der Waals surface area contributed by atoms with Crippen LogP contribution in [0.25, 0.3) is 49.0 Å². The average molecular weight is 472 g/mol. The Labute approximate surface area is 216 Å². The number of hydrogen-bond donors (Lipinski definition) is 1. The lowest BCUT2D eigenvalue weighted by Gasteiger charge is -2.19. The van der Waals surface area contributed by atoms with Crippen molar-refractivity contribution < 1.29 is 0 Å². The smallest absolute Gasteiger partial charge is 0.00201 e. The highest BCUT2D eigenvalue weighted by molar-refractivity contribution is 6.21. The van der Waals surface area contributed by atoms with Crippen LogP contribution in [0.15, 0.2) is 103 Å². The molecule has 1 nitrogen and oxygen atoms in total. The molecule has 5 aromatic rings. The zero-order valence-corrected chi connectivity index (χ0v) is 22.0. The van der Waals surface area contributed by atoms with E-state index in [4.69, 9.17) is 0 Å². The lowest BCUT2D eigenvalue weighted by atomic mass is 9.84. The van der Waals surface area contributed by atoms with E-state index in [-0.39, 0.29) is 0 Å². The topological polar surface area (TPSA) is 26.0 Å². The number of hydrogen-bond acceptors (Lipinski definition) is 1. The van der Waals surface area contributed by atoms with Gasteiger partial charge in [0.15, 0.2) is 0 Å². The third-order valence-corrected chi connectivity index (χ3v) is 6.87. The standard InChI is InChI=1S/C34H32.CH5N/c1-4-7-15-24(6-3)33-29-17-8-10-19-31(29)34(32-20-11-9-18-30(32)33)28-23-13-21-26-25(14-5-2)16-12-22-27(26)28;1-2/h6-13,15-23H,4-5,14H2,1-3H3;2H2,1H3/b15-7-,24-6+;. The van der Waals surface area contributed by atoms with E-state index >= 15 is 0 Å². The number of nitrogens with two attached hydrogens (primary N) is 1. The molecule has 0 saturated carbocycles. The first-order valence-corrected chi connectivity index (χ1v) is 13.1. The second kappa shape index (κ2) is 11.8. The van der Waals surface area contributed by atoms with Crippen LogP contribution in [0.2, 0.25) is 0 Å². The lowest BCUT2D eigenvalue weighted by molar-refractivity contribution is 0.930. The van der Waals surface area contributed by atoms with Crippen molar-refractivity contribution in [2.45, 2.75) is 40.0 Å². The molecule has 0 saturated heterocycles. The molecular formula is C35H37N. The van der Waals surface area contributed by atoms with Crippen molar-refractivity contribution in [2.24, 2.45) is 5.73 Å². The molecule has 0 atom stereocenters. The number of aryl methyl sites for hydroxylation is 1. The van der Waals surface area contributed by atoms with Crippen molar-refractivity contribution in [3.8, 4) is 11.1 Å². The molecule has 0 unspecified atom stereocenters. The summed E-state index contributed by atoms with van der Waals surface area (Å²) in [7, 11) is 1.50. The predicted molar refractivity (Wildman–Crippen MR) is 162 cm³/mol. The molecule has 2 N–H and O–H groups in total. The highest BCUT2D eigenvalue weighted by Gasteiger charge is 2.18. The van der Waals surface area contributed by atoms with Gasteiger partial charge in [0.05, 0.1) is 0 Å². The van der Waals surface area contributed by atoms with Crippen LogP contribution in [0.1, 0.15) is 44.7 Å². The number of allylic oxidation sites excluding steroid dienone is 4. The van der Waals surface area contributed by atoms with E-state index < -0.39 is 0 Å². The van der Waals surface area contributed by atoms with Crippen LogP contribution in [0.5, 0.6) is 0 Å². The number of fused-ring (bicyclic) bond motifs is 3. The van der Waals surface area contributed by atoms with Crippen molar-refractivity contribution in [3.05, 3.63) is 114 Å². The molecular weight excluding hydrogens is 434 g/mol. The Morgan fingerprint density at radius 2 is 1.22 bits per heavy atom. The minimum atomic E-state index is 1.03. The molecule has 1 heteroatoms. The van der Waals surface area contributed by atoms with Gasteiger partial charge in [-0.2, -0.15) is 0 Å². The highest BCUT2D eigenvalue weighted by Crippen LogP contribution is 2.44. The quantitative estimate of drug-likeness (QED) is 0.193. The molecule has 0 fully saturated rings. The predicted octanol–water partition coefficient (Wildman–Crippen LogP) is 9.71. The van der Waals surface area contributed by atoms with Crippen LogP contribution in [0.3, 0.4) is 0 Å². The summed E-state index contributed by atoms with van der Waals surface area (Å²) < 4.78 is 0. The third kappa shape index (κ3) is 4.59. The van der Waals surface area contributed by atoms with Gasteiger partial charge in [0.2, 0.25) is 0 Å². The number of rotatable bonds is 6. The first kappa shape index (κ1) is 25.4. The summed E-state index contributed by atoms with van der Waals surface area (Å²) >= 11 is 0. The molecule has 0 radical (unpaired) electrons.